The summed E-state index contributed by atoms with van der Waals surface area (Å²) in [7, 11) is 0. The first-order valence-electron chi connectivity index (χ1n) is 6.58. The summed E-state index contributed by atoms with van der Waals surface area (Å²) < 4.78 is 0.981. The number of anilines is 1. The van der Waals surface area contributed by atoms with Crippen LogP contribution in [0.4, 0.5) is 5.69 Å². The normalized spacial score (nSPS) is 10.5. The average Bonchev–Trinajstić information content (AvgIpc) is 3.01. The lowest BCUT2D eigenvalue weighted by Crippen LogP contribution is -2.13. The zero-order chi connectivity index (χ0) is 15.5. The van der Waals surface area contributed by atoms with Gasteiger partial charge in [-0.25, -0.2) is 4.98 Å². The molecule has 0 saturated heterocycles. The van der Waals surface area contributed by atoms with Gasteiger partial charge < -0.3 is 5.32 Å². The summed E-state index contributed by atoms with van der Waals surface area (Å²) in [6.45, 7) is 1.95. The third-order valence-electron chi connectivity index (χ3n) is 3.06. The van der Waals surface area contributed by atoms with Gasteiger partial charge in [0.15, 0.2) is 0 Å². The van der Waals surface area contributed by atoms with E-state index >= 15 is 0 Å². The Morgan fingerprint density at radius 2 is 2.14 bits per heavy atom. The molecule has 0 saturated carbocycles. The number of carbonyl (C=O) groups is 1. The molecule has 3 aromatic rings. The Bertz CT molecular complexity index is 817. The molecule has 110 valence electrons. The van der Waals surface area contributed by atoms with Crippen LogP contribution in [0.3, 0.4) is 0 Å². The van der Waals surface area contributed by atoms with Crippen molar-refractivity contribution in [2.75, 3.05) is 5.32 Å². The van der Waals surface area contributed by atoms with Crippen molar-refractivity contribution >= 4 is 38.9 Å². The third-order valence-corrected chi connectivity index (χ3v) is 4.42. The second-order valence-electron chi connectivity index (χ2n) is 4.67. The fraction of sp³-hybridized carbons (Fsp3) is 0.0625. The number of carbonyl (C=O) groups excluding carboxylic acids is 1. The zero-order valence-corrected chi connectivity index (χ0v) is 14.1. The lowest BCUT2D eigenvalue weighted by molar-refractivity contribution is 0.102. The van der Waals surface area contributed by atoms with Crippen molar-refractivity contribution in [2.45, 2.75) is 6.92 Å². The maximum atomic E-state index is 12.3. The largest absolute Gasteiger partial charge is 0.320 e. The Morgan fingerprint density at radius 3 is 2.86 bits per heavy atom. The minimum atomic E-state index is -0.219. The maximum Gasteiger partial charge on any atom is 0.275 e. The average molecular weight is 374 g/mol. The van der Waals surface area contributed by atoms with Crippen molar-refractivity contribution in [3.63, 3.8) is 0 Å². The highest BCUT2D eigenvalue weighted by atomic mass is 79.9. The summed E-state index contributed by atoms with van der Waals surface area (Å²) in [6, 6.07) is 11.3. The van der Waals surface area contributed by atoms with E-state index < -0.39 is 0 Å². The molecule has 1 amide bonds. The van der Waals surface area contributed by atoms with Crippen LogP contribution in [0.5, 0.6) is 0 Å². The van der Waals surface area contributed by atoms with Crippen LogP contribution in [-0.4, -0.2) is 15.9 Å². The molecule has 2 aromatic heterocycles. The molecule has 0 fully saturated rings. The molecule has 0 radical (unpaired) electrons. The summed E-state index contributed by atoms with van der Waals surface area (Å²) in [6.07, 6.45) is 1.71. The van der Waals surface area contributed by atoms with Gasteiger partial charge >= 0.3 is 0 Å². The van der Waals surface area contributed by atoms with E-state index in [2.05, 4.69) is 31.2 Å². The first kappa shape index (κ1) is 14.9. The Kier molecular flexibility index (Phi) is 4.31. The number of halogens is 1. The van der Waals surface area contributed by atoms with Crippen LogP contribution < -0.4 is 5.32 Å². The summed E-state index contributed by atoms with van der Waals surface area (Å²) in [4.78, 5) is 20.9. The van der Waals surface area contributed by atoms with Gasteiger partial charge in [-0.3, -0.25) is 9.78 Å². The number of amides is 1. The molecule has 0 aliphatic carbocycles. The number of nitrogens with one attached hydrogen (secondary N) is 1. The van der Waals surface area contributed by atoms with Gasteiger partial charge in [0.05, 0.1) is 5.69 Å². The van der Waals surface area contributed by atoms with Crippen molar-refractivity contribution in [3.05, 3.63) is 63.7 Å². The number of hydrogen-bond acceptors (Lipinski definition) is 4. The summed E-state index contributed by atoms with van der Waals surface area (Å²) in [5.74, 6) is -0.219. The van der Waals surface area contributed by atoms with E-state index in [1.54, 1.807) is 11.6 Å². The van der Waals surface area contributed by atoms with Gasteiger partial charge in [-0.1, -0.05) is 22.0 Å². The maximum absolute atomic E-state index is 12.3. The van der Waals surface area contributed by atoms with Gasteiger partial charge in [0, 0.05) is 21.7 Å². The summed E-state index contributed by atoms with van der Waals surface area (Å²) in [5.41, 5.74) is 2.93. The monoisotopic (exact) mass is 373 g/mol. The molecule has 0 atom stereocenters. The van der Waals surface area contributed by atoms with Gasteiger partial charge in [-0.2, -0.15) is 0 Å². The van der Waals surface area contributed by atoms with Gasteiger partial charge in [0.1, 0.15) is 10.7 Å². The fourth-order valence-corrected chi connectivity index (χ4v) is 3.19. The predicted molar refractivity (Wildman–Crippen MR) is 92.2 cm³/mol. The first-order valence-corrected chi connectivity index (χ1v) is 8.25. The first-order chi connectivity index (χ1) is 10.6. The van der Waals surface area contributed by atoms with E-state index in [1.165, 1.54) is 11.3 Å². The Labute approximate surface area is 140 Å². The number of hydrogen-bond donors (Lipinski definition) is 1. The molecule has 0 aliphatic rings. The molecule has 0 bridgehead atoms. The molecule has 0 unspecified atom stereocenters. The van der Waals surface area contributed by atoms with E-state index in [0.29, 0.717) is 5.69 Å². The van der Waals surface area contributed by atoms with Crippen LogP contribution in [0.2, 0.25) is 0 Å². The van der Waals surface area contributed by atoms with Crippen LogP contribution in [0.25, 0.3) is 10.7 Å². The molecule has 4 nitrogen and oxygen atoms in total. The highest BCUT2D eigenvalue weighted by molar-refractivity contribution is 9.10. The van der Waals surface area contributed by atoms with Crippen LogP contribution in [0.15, 0.2) is 52.4 Å². The van der Waals surface area contributed by atoms with E-state index in [4.69, 9.17) is 0 Å². The molecular formula is C16H12BrN3OS. The number of nitrogens with zero attached hydrogens (tertiary/aromatic N) is 2. The highest BCUT2D eigenvalue weighted by Crippen LogP contribution is 2.23. The molecule has 6 heteroatoms. The molecule has 2 heterocycles. The Balaban J connectivity index is 1.80. The SMILES string of the molecule is Cc1cc(Br)ccc1NC(=O)c1csc(-c2ccccn2)n1. The van der Waals surface area contributed by atoms with Crippen molar-refractivity contribution in [3.8, 4) is 10.7 Å². The van der Waals surface area contributed by atoms with Crippen molar-refractivity contribution in [2.24, 2.45) is 0 Å². The predicted octanol–water partition coefficient (Wildman–Crippen LogP) is 4.53. The number of benzene rings is 1. The van der Waals surface area contributed by atoms with Crippen LogP contribution in [-0.2, 0) is 0 Å². The summed E-state index contributed by atoms with van der Waals surface area (Å²) >= 11 is 4.81. The van der Waals surface area contributed by atoms with Crippen LogP contribution >= 0.6 is 27.3 Å². The molecule has 0 spiro atoms. The Morgan fingerprint density at radius 1 is 1.27 bits per heavy atom. The van der Waals surface area contributed by atoms with Crippen molar-refractivity contribution in [1.82, 2.24) is 9.97 Å². The van der Waals surface area contributed by atoms with E-state index in [1.807, 2.05) is 43.3 Å². The number of pyridine rings is 1. The minimum Gasteiger partial charge on any atom is -0.320 e. The van der Waals surface area contributed by atoms with Crippen molar-refractivity contribution < 1.29 is 4.79 Å². The standard InChI is InChI=1S/C16H12BrN3OS/c1-10-8-11(17)5-6-12(10)19-15(21)14-9-22-16(20-14)13-4-2-3-7-18-13/h2-9H,1H3,(H,19,21). The number of thiazole rings is 1. The van der Waals surface area contributed by atoms with E-state index in [9.17, 15) is 4.79 Å². The number of aromatic nitrogens is 2. The number of rotatable bonds is 3. The van der Waals surface area contributed by atoms with E-state index in [-0.39, 0.29) is 5.91 Å². The molecule has 1 aromatic carbocycles. The van der Waals surface area contributed by atoms with Gasteiger partial charge in [0.2, 0.25) is 0 Å². The Hall–Kier alpha value is -2.05. The second kappa shape index (κ2) is 6.37. The van der Waals surface area contributed by atoms with Gasteiger partial charge in [-0.05, 0) is 42.8 Å². The van der Waals surface area contributed by atoms with E-state index in [0.717, 1.165) is 26.4 Å². The zero-order valence-electron chi connectivity index (χ0n) is 11.7. The third kappa shape index (κ3) is 3.23. The second-order valence-corrected chi connectivity index (χ2v) is 6.44. The van der Waals surface area contributed by atoms with Gasteiger partial charge in [-0.15, -0.1) is 11.3 Å². The lowest BCUT2D eigenvalue weighted by Gasteiger charge is -2.07. The smallest absolute Gasteiger partial charge is 0.275 e. The molecule has 3 rings (SSSR count). The molecule has 1 N–H and O–H groups in total. The van der Waals surface area contributed by atoms with Crippen LogP contribution in [0.1, 0.15) is 16.1 Å². The van der Waals surface area contributed by atoms with Crippen LogP contribution in [0, 0.1) is 6.92 Å². The number of aryl methyl sites for hydroxylation is 1. The highest BCUT2D eigenvalue weighted by Gasteiger charge is 2.13. The topological polar surface area (TPSA) is 54.9 Å². The summed E-state index contributed by atoms with van der Waals surface area (Å²) in [5, 5.41) is 5.36. The van der Waals surface area contributed by atoms with Gasteiger partial charge in [0.25, 0.3) is 5.91 Å². The molecular weight excluding hydrogens is 362 g/mol. The minimum absolute atomic E-state index is 0.219. The fourth-order valence-electron chi connectivity index (χ4n) is 1.94. The quantitative estimate of drug-likeness (QED) is 0.733. The lowest BCUT2D eigenvalue weighted by atomic mass is 10.2. The van der Waals surface area contributed by atoms with Crippen molar-refractivity contribution in [1.29, 1.82) is 0 Å². The molecule has 22 heavy (non-hydrogen) atoms. The molecule has 0 aliphatic heterocycles.